The minimum absolute atomic E-state index is 0.114. The number of morpholine rings is 1. The molecule has 0 aliphatic carbocycles. The van der Waals surface area contributed by atoms with Crippen LogP contribution >= 0.6 is 11.6 Å². The van der Waals surface area contributed by atoms with E-state index in [1.54, 1.807) is 47.8 Å². The first-order valence-corrected chi connectivity index (χ1v) is 14.4. The summed E-state index contributed by atoms with van der Waals surface area (Å²) < 4.78 is 75.9. The molecule has 1 heterocycles. The lowest BCUT2D eigenvalue weighted by Gasteiger charge is -2.30. The van der Waals surface area contributed by atoms with Gasteiger partial charge in [0.15, 0.2) is 0 Å². The minimum Gasteiger partial charge on any atom is -0.448 e. The van der Waals surface area contributed by atoms with Gasteiger partial charge in [-0.05, 0) is 60.4 Å². The van der Waals surface area contributed by atoms with Gasteiger partial charge in [-0.2, -0.15) is 13.2 Å². The zero-order valence-electron chi connectivity index (χ0n) is 23.9. The fraction of sp³-hybridized carbons (Fsp3) is 0.355. The molecular formula is C31H32ClF5N4O4. The zero-order chi connectivity index (χ0) is 32.6. The summed E-state index contributed by atoms with van der Waals surface area (Å²) >= 11 is 6.05. The highest BCUT2D eigenvalue weighted by atomic mass is 35.5. The second kappa shape index (κ2) is 15.5. The lowest BCUT2D eigenvalue weighted by molar-refractivity contribution is -0.124. The monoisotopic (exact) mass is 654 g/mol. The molecule has 242 valence electrons. The molecular weight excluding hydrogens is 623 g/mol. The Balaban J connectivity index is 1.35. The van der Waals surface area contributed by atoms with E-state index in [0.717, 1.165) is 0 Å². The Morgan fingerprint density at radius 2 is 1.71 bits per heavy atom. The van der Waals surface area contributed by atoms with Crippen LogP contribution in [-0.2, 0) is 20.7 Å². The Bertz CT molecular complexity index is 1390. The number of anilines is 1. The van der Waals surface area contributed by atoms with Gasteiger partial charge in [-0.15, -0.1) is 0 Å². The topological polar surface area (TPSA) is 115 Å². The van der Waals surface area contributed by atoms with E-state index in [9.17, 15) is 31.5 Å². The third-order valence-electron chi connectivity index (χ3n) is 7.23. The summed E-state index contributed by atoms with van der Waals surface area (Å²) in [7, 11) is 0. The van der Waals surface area contributed by atoms with Gasteiger partial charge >= 0.3 is 12.3 Å². The van der Waals surface area contributed by atoms with Crippen molar-refractivity contribution in [1.29, 1.82) is 0 Å². The highest BCUT2D eigenvalue weighted by Gasteiger charge is 2.30. The van der Waals surface area contributed by atoms with Gasteiger partial charge in [0.25, 0.3) is 0 Å². The molecule has 3 aromatic rings. The number of carbonyl (C=O) groups excluding carboxylic acids is 2. The average Bonchev–Trinajstić information content (AvgIpc) is 3.01. The van der Waals surface area contributed by atoms with E-state index in [2.05, 4.69) is 10.6 Å². The molecule has 1 aliphatic rings. The molecule has 0 bridgehead atoms. The summed E-state index contributed by atoms with van der Waals surface area (Å²) in [4.78, 5) is 24.9. The third kappa shape index (κ3) is 10.1. The Labute approximate surface area is 261 Å². The maximum atomic E-state index is 15.0. The summed E-state index contributed by atoms with van der Waals surface area (Å²) in [5.74, 6) is -2.21. The van der Waals surface area contributed by atoms with Crippen molar-refractivity contribution < 1.29 is 41.0 Å². The minimum atomic E-state index is -4.55. The fourth-order valence-electron chi connectivity index (χ4n) is 4.91. The Hall–Kier alpha value is -3.78. The second-order valence-electron chi connectivity index (χ2n) is 10.5. The molecule has 8 nitrogen and oxygen atoms in total. The van der Waals surface area contributed by atoms with Crippen molar-refractivity contribution in [3.8, 4) is 0 Å². The van der Waals surface area contributed by atoms with Crippen molar-refractivity contribution in [3.05, 3.63) is 100 Å². The Kier molecular flexibility index (Phi) is 11.7. The van der Waals surface area contributed by atoms with Crippen LogP contribution < -0.4 is 21.7 Å². The quantitative estimate of drug-likeness (QED) is 0.209. The maximum absolute atomic E-state index is 15.0. The van der Waals surface area contributed by atoms with Crippen LogP contribution in [0.1, 0.15) is 29.0 Å². The van der Waals surface area contributed by atoms with Gasteiger partial charge < -0.3 is 31.2 Å². The van der Waals surface area contributed by atoms with Crippen molar-refractivity contribution in [3.63, 3.8) is 0 Å². The molecule has 3 aromatic carbocycles. The molecule has 4 atom stereocenters. The molecule has 2 amide bonds. The molecule has 0 radical (unpaired) electrons. The number of alkyl carbamates (subject to hydrolysis) is 1. The van der Waals surface area contributed by atoms with Crippen molar-refractivity contribution in [2.45, 2.75) is 43.1 Å². The molecule has 0 unspecified atom stereocenters. The lowest BCUT2D eigenvalue weighted by atomic mass is 9.85. The van der Waals surface area contributed by atoms with Gasteiger partial charge in [0.05, 0.1) is 24.8 Å². The number of nitrogens with one attached hydrogen (secondary N) is 3. The van der Waals surface area contributed by atoms with Crippen LogP contribution in [0.5, 0.6) is 0 Å². The highest BCUT2D eigenvalue weighted by Crippen LogP contribution is 2.30. The van der Waals surface area contributed by atoms with E-state index in [1.807, 2.05) is 0 Å². The van der Waals surface area contributed by atoms with E-state index in [4.69, 9.17) is 26.8 Å². The SMILES string of the molecule is N[C@H](C(=O)Nc1cccc(F)c1CC[C@@H]1CN[C@H](COC(=O)NCC(F)(F)F)CO1)[C@H](c1ccc(F)cc1)c1ccc(Cl)cc1. The van der Waals surface area contributed by atoms with Gasteiger partial charge in [-0.3, -0.25) is 4.79 Å². The van der Waals surface area contributed by atoms with Crippen LogP contribution in [0.15, 0.2) is 66.7 Å². The van der Waals surface area contributed by atoms with Crippen LogP contribution in [0.25, 0.3) is 0 Å². The summed E-state index contributed by atoms with van der Waals surface area (Å²) in [6.45, 7) is -1.26. The first-order valence-electron chi connectivity index (χ1n) is 14.1. The maximum Gasteiger partial charge on any atom is 0.407 e. The summed E-state index contributed by atoms with van der Waals surface area (Å²) in [5, 5.41) is 7.96. The van der Waals surface area contributed by atoms with Crippen molar-refractivity contribution in [2.75, 3.05) is 31.6 Å². The smallest absolute Gasteiger partial charge is 0.407 e. The van der Waals surface area contributed by atoms with Gasteiger partial charge in [-0.1, -0.05) is 41.9 Å². The number of amides is 2. The Morgan fingerprint density at radius 3 is 2.33 bits per heavy atom. The van der Waals surface area contributed by atoms with Gasteiger partial charge in [0, 0.05) is 28.7 Å². The first kappa shape index (κ1) is 34.1. The molecule has 0 spiro atoms. The number of halogens is 6. The molecule has 4 rings (SSSR count). The third-order valence-corrected chi connectivity index (χ3v) is 7.48. The number of carbonyl (C=O) groups is 2. The van der Waals surface area contributed by atoms with Crippen LogP contribution in [0.4, 0.5) is 32.4 Å². The molecule has 1 aliphatic heterocycles. The van der Waals surface area contributed by atoms with E-state index >= 15 is 0 Å². The number of rotatable bonds is 11. The van der Waals surface area contributed by atoms with E-state index in [0.29, 0.717) is 29.1 Å². The second-order valence-corrected chi connectivity index (χ2v) is 11.0. The molecule has 1 saturated heterocycles. The van der Waals surface area contributed by atoms with E-state index in [-0.39, 0.29) is 37.0 Å². The number of hydrogen-bond donors (Lipinski definition) is 4. The van der Waals surface area contributed by atoms with E-state index in [1.165, 1.54) is 24.3 Å². The van der Waals surface area contributed by atoms with Crippen LogP contribution in [0.2, 0.25) is 5.02 Å². The lowest BCUT2D eigenvalue weighted by Crippen LogP contribution is -2.49. The standard InChI is InChI=1S/C31H32ClF5N4O4/c32-20-8-4-18(5-9-20)27(19-6-10-21(33)11-7-19)28(38)29(42)41-26-3-1-2-25(34)24(26)13-12-23-14-39-22(15-44-23)16-45-30(43)40-17-31(35,36)37/h1-11,22-23,27-28,39H,12-17,38H2,(H,40,43)(H,41,42)/t22-,23+,27-,28-/m0/s1. The highest BCUT2D eigenvalue weighted by molar-refractivity contribution is 6.30. The summed E-state index contributed by atoms with van der Waals surface area (Å²) in [6.07, 6.45) is -5.52. The zero-order valence-corrected chi connectivity index (χ0v) is 24.6. The van der Waals surface area contributed by atoms with Gasteiger partial charge in [0.1, 0.15) is 24.8 Å². The number of nitrogens with two attached hydrogens (primary N) is 1. The normalized spacial score (nSPS) is 18.1. The van der Waals surface area contributed by atoms with Crippen molar-refractivity contribution >= 4 is 29.3 Å². The summed E-state index contributed by atoms with van der Waals surface area (Å²) in [5.41, 5.74) is 8.25. The predicted molar refractivity (Wildman–Crippen MR) is 158 cm³/mol. The van der Waals surface area contributed by atoms with Crippen LogP contribution in [0, 0.1) is 11.6 Å². The number of hydrogen-bond acceptors (Lipinski definition) is 6. The van der Waals surface area contributed by atoms with Gasteiger partial charge in [-0.25, -0.2) is 13.6 Å². The van der Waals surface area contributed by atoms with Crippen molar-refractivity contribution in [1.82, 2.24) is 10.6 Å². The van der Waals surface area contributed by atoms with Gasteiger partial charge in [0.2, 0.25) is 5.91 Å². The summed E-state index contributed by atoms with van der Waals surface area (Å²) in [6, 6.07) is 15.2. The molecule has 14 heteroatoms. The average molecular weight is 655 g/mol. The van der Waals surface area contributed by atoms with Crippen molar-refractivity contribution in [2.24, 2.45) is 5.73 Å². The first-order chi connectivity index (χ1) is 21.4. The predicted octanol–water partition coefficient (Wildman–Crippen LogP) is 5.29. The largest absolute Gasteiger partial charge is 0.448 e. The van der Waals surface area contributed by atoms with Crippen LogP contribution in [0.3, 0.4) is 0 Å². The molecule has 5 N–H and O–H groups in total. The molecule has 1 fully saturated rings. The number of alkyl halides is 3. The molecule has 0 saturated carbocycles. The number of benzene rings is 3. The Morgan fingerprint density at radius 1 is 1.04 bits per heavy atom. The molecule has 0 aromatic heterocycles. The van der Waals surface area contributed by atoms with E-state index < -0.39 is 54.4 Å². The molecule has 45 heavy (non-hydrogen) atoms. The fourth-order valence-corrected chi connectivity index (χ4v) is 5.04. The number of ether oxygens (including phenoxy) is 2. The van der Waals surface area contributed by atoms with Crippen LogP contribution in [-0.4, -0.2) is 62.7 Å².